The van der Waals surface area contributed by atoms with Crippen molar-refractivity contribution in [1.82, 2.24) is 4.98 Å². The molecule has 0 radical (unpaired) electrons. The Kier molecular flexibility index (Phi) is 2.76. The number of aromatic nitrogens is 1. The predicted molar refractivity (Wildman–Crippen MR) is 55.3 cm³/mol. The number of hydrogen-bond acceptors (Lipinski definition) is 1. The van der Waals surface area contributed by atoms with Gasteiger partial charge in [-0.25, -0.2) is 4.98 Å². The number of halogens is 2. The highest BCUT2D eigenvalue weighted by Crippen LogP contribution is 2.30. The van der Waals surface area contributed by atoms with Crippen LogP contribution in [0.25, 0.3) is 0 Å². The molecule has 1 nitrogen and oxygen atoms in total. The maximum atomic E-state index is 13.0. The average molecular weight is 246 g/mol. The van der Waals surface area contributed by atoms with Crippen molar-refractivity contribution in [3.63, 3.8) is 0 Å². The third-order valence-electron chi connectivity index (χ3n) is 1.82. The van der Waals surface area contributed by atoms with E-state index in [1.54, 1.807) is 0 Å². The van der Waals surface area contributed by atoms with Gasteiger partial charge in [-0.05, 0) is 34.5 Å². The van der Waals surface area contributed by atoms with Crippen molar-refractivity contribution in [3.8, 4) is 0 Å². The minimum atomic E-state index is -0.411. The van der Waals surface area contributed by atoms with Crippen LogP contribution >= 0.6 is 15.9 Å². The molecule has 13 heavy (non-hydrogen) atoms. The van der Waals surface area contributed by atoms with E-state index in [0.29, 0.717) is 0 Å². The van der Waals surface area contributed by atoms with Gasteiger partial charge in [0.25, 0.3) is 0 Å². The fourth-order valence-corrected chi connectivity index (χ4v) is 1.91. The molecule has 1 aromatic heterocycles. The molecule has 0 fully saturated rings. The zero-order valence-electron chi connectivity index (χ0n) is 8.28. The molecule has 1 aromatic rings. The van der Waals surface area contributed by atoms with Crippen LogP contribution in [-0.4, -0.2) is 4.98 Å². The van der Waals surface area contributed by atoms with Crippen molar-refractivity contribution in [3.05, 3.63) is 27.7 Å². The van der Waals surface area contributed by atoms with Crippen LogP contribution in [-0.2, 0) is 5.41 Å². The van der Waals surface area contributed by atoms with Crippen molar-refractivity contribution in [2.24, 2.45) is 0 Å². The third kappa shape index (κ3) is 2.27. The van der Waals surface area contributed by atoms with Crippen LogP contribution in [0.2, 0.25) is 0 Å². The second kappa shape index (κ2) is 3.37. The smallest absolute Gasteiger partial charge is 0.213 e. The molecule has 72 valence electrons. The molecule has 0 aromatic carbocycles. The molecule has 0 bridgehead atoms. The molecule has 0 N–H and O–H groups in total. The molecule has 1 heterocycles. The molecule has 0 aliphatic carbocycles. The number of hydrogen-bond donors (Lipinski definition) is 0. The molecule has 3 heteroatoms. The lowest BCUT2D eigenvalue weighted by Gasteiger charge is -2.20. The zero-order valence-corrected chi connectivity index (χ0v) is 9.87. The second-order valence-corrected chi connectivity index (χ2v) is 4.97. The first-order valence-corrected chi connectivity index (χ1v) is 4.95. The summed E-state index contributed by atoms with van der Waals surface area (Å²) in [5.41, 5.74) is 1.52. The molecule has 0 unspecified atom stereocenters. The van der Waals surface area contributed by atoms with Gasteiger partial charge in [0.1, 0.15) is 0 Å². The Morgan fingerprint density at radius 2 is 1.92 bits per heavy atom. The SMILES string of the molecule is Cc1cc(F)nc(C(C)(C)C)c1Br. The molecule has 0 aliphatic heterocycles. The van der Waals surface area contributed by atoms with Crippen molar-refractivity contribution < 1.29 is 4.39 Å². The van der Waals surface area contributed by atoms with E-state index >= 15 is 0 Å². The quantitative estimate of drug-likeness (QED) is 0.637. The summed E-state index contributed by atoms with van der Waals surface area (Å²) in [5.74, 6) is -0.411. The summed E-state index contributed by atoms with van der Waals surface area (Å²) in [7, 11) is 0. The average Bonchev–Trinajstić information content (AvgIpc) is 1.94. The van der Waals surface area contributed by atoms with E-state index < -0.39 is 5.95 Å². The van der Waals surface area contributed by atoms with Crippen molar-refractivity contribution >= 4 is 15.9 Å². The highest BCUT2D eigenvalue weighted by molar-refractivity contribution is 9.10. The molecular formula is C10H13BrFN. The van der Waals surface area contributed by atoms with E-state index in [1.165, 1.54) is 6.07 Å². The van der Waals surface area contributed by atoms with Gasteiger partial charge >= 0.3 is 0 Å². The minimum Gasteiger partial charge on any atom is -0.223 e. The summed E-state index contributed by atoms with van der Waals surface area (Å²) in [6.07, 6.45) is 0. The Labute approximate surface area is 86.5 Å². The Morgan fingerprint density at radius 3 is 2.38 bits per heavy atom. The lowest BCUT2D eigenvalue weighted by atomic mass is 9.91. The normalized spacial score (nSPS) is 11.8. The Balaban J connectivity index is 3.37. The van der Waals surface area contributed by atoms with E-state index in [-0.39, 0.29) is 5.41 Å². The van der Waals surface area contributed by atoms with Crippen LogP contribution in [0.15, 0.2) is 10.5 Å². The van der Waals surface area contributed by atoms with E-state index in [0.717, 1.165) is 15.7 Å². The molecule has 1 rings (SSSR count). The topological polar surface area (TPSA) is 12.9 Å². The molecule has 0 saturated carbocycles. The van der Waals surface area contributed by atoms with Gasteiger partial charge in [0.05, 0.1) is 5.69 Å². The number of aryl methyl sites for hydroxylation is 1. The van der Waals surface area contributed by atoms with Crippen LogP contribution in [0.1, 0.15) is 32.0 Å². The summed E-state index contributed by atoms with van der Waals surface area (Å²) in [5, 5.41) is 0. The summed E-state index contributed by atoms with van der Waals surface area (Å²) < 4.78 is 13.9. The maximum Gasteiger partial charge on any atom is 0.213 e. The highest BCUT2D eigenvalue weighted by atomic mass is 79.9. The van der Waals surface area contributed by atoms with Crippen LogP contribution in [0.3, 0.4) is 0 Å². The van der Waals surface area contributed by atoms with Crippen LogP contribution < -0.4 is 0 Å². The molecular weight excluding hydrogens is 233 g/mol. The molecule has 0 atom stereocenters. The van der Waals surface area contributed by atoms with Crippen LogP contribution in [0.4, 0.5) is 4.39 Å². The van der Waals surface area contributed by atoms with Crippen molar-refractivity contribution in [1.29, 1.82) is 0 Å². The zero-order chi connectivity index (χ0) is 10.2. The van der Waals surface area contributed by atoms with Crippen molar-refractivity contribution in [2.45, 2.75) is 33.1 Å². The van der Waals surface area contributed by atoms with Gasteiger partial charge in [0, 0.05) is 9.89 Å². The van der Waals surface area contributed by atoms with Gasteiger partial charge in [-0.15, -0.1) is 0 Å². The Bertz CT molecular complexity index is 328. The first-order valence-electron chi connectivity index (χ1n) is 4.15. The standard InChI is InChI=1S/C10H13BrFN/c1-6-5-7(12)13-9(8(6)11)10(2,3)4/h5H,1-4H3. The fraction of sp³-hybridized carbons (Fsp3) is 0.500. The first-order chi connectivity index (χ1) is 5.82. The second-order valence-electron chi connectivity index (χ2n) is 4.17. The summed E-state index contributed by atoms with van der Waals surface area (Å²) in [6.45, 7) is 7.90. The van der Waals surface area contributed by atoms with Gasteiger partial charge in [0.2, 0.25) is 5.95 Å². The highest BCUT2D eigenvalue weighted by Gasteiger charge is 2.20. The monoisotopic (exact) mass is 245 g/mol. The van der Waals surface area contributed by atoms with E-state index in [2.05, 4.69) is 20.9 Å². The summed E-state index contributed by atoms with van der Waals surface area (Å²) in [4.78, 5) is 3.89. The van der Waals surface area contributed by atoms with E-state index in [4.69, 9.17) is 0 Å². The van der Waals surface area contributed by atoms with E-state index in [1.807, 2.05) is 27.7 Å². The predicted octanol–water partition coefficient (Wildman–Crippen LogP) is 3.59. The molecule has 0 amide bonds. The largest absolute Gasteiger partial charge is 0.223 e. The lowest BCUT2D eigenvalue weighted by Crippen LogP contribution is -2.15. The van der Waals surface area contributed by atoms with Crippen LogP contribution in [0, 0.1) is 12.9 Å². The third-order valence-corrected chi connectivity index (χ3v) is 2.82. The summed E-state index contributed by atoms with van der Waals surface area (Å²) in [6, 6.07) is 1.43. The molecule has 0 spiro atoms. The Hall–Kier alpha value is -0.440. The number of pyridine rings is 1. The Morgan fingerprint density at radius 1 is 1.38 bits per heavy atom. The lowest BCUT2D eigenvalue weighted by molar-refractivity contribution is 0.519. The van der Waals surface area contributed by atoms with Gasteiger partial charge in [-0.2, -0.15) is 4.39 Å². The maximum absolute atomic E-state index is 13.0. The van der Waals surface area contributed by atoms with E-state index in [9.17, 15) is 4.39 Å². The van der Waals surface area contributed by atoms with Crippen LogP contribution in [0.5, 0.6) is 0 Å². The fourth-order valence-electron chi connectivity index (χ4n) is 1.11. The van der Waals surface area contributed by atoms with Gasteiger partial charge in [-0.3, -0.25) is 0 Å². The van der Waals surface area contributed by atoms with Gasteiger partial charge in [0.15, 0.2) is 0 Å². The van der Waals surface area contributed by atoms with Gasteiger partial charge < -0.3 is 0 Å². The first kappa shape index (κ1) is 10.6. The number of rotatable bonds is 0. The van der Waals surface area contributed by atoms with Crippen molar-refractivity contribution in [2.75, 3.05) is 0 Å². The molecule has 0 saturated heterocycles. The number of nitrogens with zero attached hydrogens (tertiary/aromatic N) is 1. The minimum absolute atomic E-state index is 0.133. The van der Waals surface area contributed by atoms with Gasteiger partial charge in [-0.1, -0.05) is 20.8 Å². The molecule has 0 aliphatic rings. The summed E-state index contributed by atoms with van der Waals surface area (Å²) >= 11 is 3.42.